The lowest BCUT2D eigenvalue weighted by Crippen LogP contribution is -2.45. The van der Waals surface area contributed by atoms with Crippen molar-refractivity contribution >= 4 is 34.8 Å². The number of thioether (sulfide) groups is 1. The van der Waals surface area contributed by atoms with Crippen LogP contribution in [0.15, 0.2) is 34.5 Å². The lowest BCUT2D eigenvalue weighted by molar-refractivity contribution is -0.141. The van der Waals surface area contributed by atoms with Crippen molar-refractivity contribution in [3.8, 4) is 11.5 Å². The van der Waals surface area contributed by atoms with Gasteiger partial charge in [0.15, 0.2) is 16.7 Å². The number of carbonyl (C=O) groups excluding carboxylic acids is 3. The molecule has 0 saturated carbocycles. The molecule has 2 aliphatic rings. The SMILES string of the molecule is COc1cc([C@H]2C(C(=O)OCC(C)C)=C(C)N=C3SCCC(=O)N32)ccc1OC(C)=O. The second-order valence-corrected chi connectivity index (χ2v) is 8.72. The average molecular weight is 447 g/mol. The summed E-state index contributed by atoms with van der Waals surface area (Å²) in [5, 5.41) is 0.558. The molecule has 0 unspecified atom stereocenters. The van der Waals surface area contributed by atoms with Gasteiger partial charge in [-0.1, -0.05) is 31.7 Å². The molecule has 1 atom stereocenters. The summed E-state index contributed by atoms with van der Waals surface area (Å²) in [4.78, 5) is 43.4. The Kier molecular flexibility index (Phi) is 7.04. The molecule has 9 heteroatoms. The molecular formula is C22H26N2O6S. The number of amides is 1. The van der Waals surface area contributed by atoms with Crippen molar-refractivity contribution in [3.63, 3.8) is 0 Å². The summed E-state index contributed by atoms with van der Waals surface area (Å²) in [5.41, 5.74) is 1.45. The Labute approximate surface area is 185 Å². The van der Waals surface area contributed by atoms with Crippen LogP contribution in [0.3, 0.4) is 0 Å². The van der Waals surface area contributed by atoms with E-state index in [1.165, 1.54) is 25.8 Å². The number of rotatable bonds is 6. The Morgan fingerprint density at radius 2 is 2.03 bits per heavy atom. The van der Waals surface area contributed by atoms with Crippen LogP contribution in [-0.4, -0.2) is 47.4 Å². The standard InChI is InChI=1S/C22H26N2O6S/c1-12(2)11-29-21(27)19-13(3)23-22-24(18(26)8-9-31-22)20(19)15-6-7-16(30-14(4)25)17(10-15)28-5/h6-7,10,12,20H,8-9,11H2,1-5H3/t20-/m0/s1. The zero-order chi connectivity index (χ0) is 22.7. The van der Waals surface area contributed by atoms with Crippen molar-refractivity contribution in [3.05, 3.63) is 35.0 Å². The molecule has 1 fully saturated rings. The first kappa shape index (κ1) is 22.9. The van der Waals surface area contributed by atoms with E-state index in [1.54, 1.807) is 30.0 Å². The predicted molar refractivity (Wildman–Crippen MR) is 117 cm³/mol. The van der Waals surface area contributed by atoms with Crippen molar-refractivity contribution < 1.29 is 28.6 Å². The molecule has 1 aromatic carbocycles. The van der Waals surface area contributed by atoms with Gasteiger partial charge in [-0.3, -0.25) is 14.5 Å². The van der Waals surface area contributed by atoms with Crippen LogP contribution in [0.4, 0.5) is 0 Å². The molecule has 31 heavy (non-hydrogen) atoms. The fourth-order valence-corrected chi connectivity index (χ4v) is 4.39. The van der Waals surface area contributed by atoms with E-state index in [4.69, 9.17) is 14.2 Å². The molecule has 8 nitrogen and oxygen atoms in total. The van der Waals surface area contributed by atoms with E-state index in [9.17, 15) is 14.4 Å². The van der Waals surface area contributed by atoms with Crippen LogP contribution >= 0.6 is 11.8 Å². The van der Waals surface area contributed by atoms with Gasteiger partial charge in [-0.25, -0.2) is 9.79 Å². The van der Waals surface area contributed by atoms with Gasteiger partial charge in [0.05, 0.1) is 31.0 Å². The molecular weight excluding hydrogens is 420 g/mol. The van der Waals surface area contributed by atoms with Gasteiger partial charge in [0.25, 0.3) is 0 Å². The summed E-state index contributed by atoms with van der Waals surface area (Å²) in [6.45, 7) is 7.21. The molecule has 0 N–H and O–H groups in total. The van der Waals surface area contributed by atoms with Crippen molar-refractivity contribution in [2.75, 3.05) is 19.5 Å². The zero-order valence-corrected chi connectivity index (χ0v) is 19.1. The van der Waals surface area contributed by atoms with E-state index in [1.807, 2.05) is 13.8 Å². The summed E-state index contributed by atoms with van der Waals surface area (Å²) in [6, 6.07) is 4.26. The Morgan fingerprint density at radius 1 is 1.29 bits per heavy atom. The number of fused-ring (bicyclic) bond motifs is 1. The number of benzene rings is 1. The van der Waals surface area contributed by atoms with Crippen LogP contribution in [0.1, 0.15) is 45.7 Å². The third kappa shape index (κ3) is 4.92. The topological polar surface area (TPSA) is 94.5 Å². The van der Waals surface area contributed by atoms with Crippen molar-refractivity contribution in [2.24, 2.45) is 10.9 Å². The largest absolute Gasteiger partial charge is 0.493 e. The molecule has 0 bridgehead atoms. The molecule has 1 aromatic rings. The highest BCUT2D eigenvalue weighted by Gasteiger charge is 2.42. The van der Waals surface area contributed by atoms with Gasteiger partial charge < -0.3 is 14.2 Å². The highest BCUT2D eigenvalue weighted by molar-refractivity contribution is 8.14. The van der Waals surface area contributed by atoms with E-state index in [-0.39, 0.29) is 24.2 Å². The maximum atomic E-state index is 13.1. The third-order valence-corrected chi connectivity index (χ3v) is 5.69. The molecule has 0 aliphatic carbocycles. The first-order chi connectivity index (χ1) is 14.7. The predicted octanol–water partition coefficient (Wildman–Crippen LogP) is 3.47. The minimum atomic E-state index is -0.715. The number of amidine groups is 1. The van der Waals surface area contributed by atoms with Crippen molar-refractivity contribution in [2.45, 2.75) is 40.2 Å². The van der Waals surface area contributed by atoms with Gasteiger partial charge in [-0.15, -0.1) is 0 Å². The van der Waals surface area contributed by atoms with Crippen LogP contribution < -0.4 is 9.47 Å². The van der Waals surface area contributed by atoms with Crippen molar-refractivity contribution in [1.29, 1.82) is 0 Å². The van der Waals surface area contributed by atoms with Crippen LogP contribution in [0.5, 0.6) is 11.5 Å². The number of ether oxygens (including phenoxy) is 3. The quantitative estimate of drug-likeness (QED) is 0.488. The molecule has 1 amide bonds. The minimum Gasteiger partial charge on any atom is -0.493 e. The summed E-state index contributed by atoms with van der Waals surface area (Å²) in [6.07, 6.45) is 0.343. The maximum Gasteiger partial charge on any atom is 0.338 e. The van der Waals surface area contributed by atoms with Crippen LogP contribution in [-0.2, 0) is 19.1 Å². The Morgan fingerprint density at radius 3 is 2.68 bits per heavy atom. The summed E-state index contributed by atoms with van der Waals surface area (Å²) in [5.74, 6) is 0.276. The molecule has 2 aliphatic heterocycles. The van der Waals surface area contributed by atoms with E-state index in [2.05, 4.69) is 4.99 Å². The second-order valence-electron chi connectivity index (χ2n) is 7.65. The lowest BCUT2D eigenvalue weighted by atomic mass is 9.93. The minimum absolute atomic E-state index is 0.118. The van der Waals surface area contributed by atoms with Crippen LogP contribution in [0, 0.1) is 5.92 Å². The first-order valence-corrected chi connectivity index (χ1v) is 11.0. The highest BCUT2D eigenvalue weighted by Crippen LogP contribution is 2.42. The number of esters is 2. The number of hydrogen-bond donors (Lipinski definition) is 0. The number of aliphatic imine (C=N–C) groups is 1. The summed E-state index contributed by atoms with van der Waals surface area (Å²) < 4.78 is 16.1. The van der Waals surface area contributed by atoms with Crippen molar-refractivity contribution in [1.82, 2.24) is 4.90 Å². The van der Waals surface area contributed by atoms with Crippen LogP contribution in [0.2, 0.25) is 0 Å². The van der Waals surface area contributed by atoms with Gasteiger partial charge in [-0.05, 0) is 30.5 Å². The van der Waals surface area contributed by atoms with E-state index < -0.39 is 18.0 Å². The molecule has 0 radical (unpaired) electrons. The van der Waals surface area contributed by atoms with Gasteiger partial charge >= 0.3 is 11.9 Å². The van der Waals surface area contributed by atoms with Gasteiger partial charge in [0.1, 0.15) is 0 Å². The number of nitrogens with zero attached hydrogens (tertiary/aromatic N) is 2. The number of allylic oxidation sites excluding steroid dienone is 1. The highest BCUT2D eigenvalue weighted by atomic mass is 32.2. The normalized spacial score (nSPS) is 18.5. The maximum absolute atomic E-state index is 13.1. The van der Waals surface area contributed by atoms with Gasteiger partial charge in [0, 0.05) is 19.1 Å². The molecule has 3 rings (SSSR count). The fraction of sp³-hybridized carbons (Fsp3) is 0.455. The molecule has 0 aromatic heterocycles. The monoisotopic (exact) mass is 446 g/mol. The third-order valence-electron chi connectivity index (χ3n) is 4.73. The zero-order valence-electron chi connectivity index (χ0n) is 18.3. The van der Waals surface area contributed by atoms with Gasteiger partial charge in [-0.2, -0.15) is 0 Å². The molecule has 0 spiro atoms. The lowest BCUT2D eigenvalue weighted by Gasteiger charge is -2.39. The fourth-order valence-electron chi connectivity index (χ4n) is 3.39. The summed E-state index contributed by atoms with van der Waals surface area (Å²) >= 11 is 1.47. The Bertz CT molecular complexity index is 969. The van der Waals surface area contributed by atoms with Crippen LogP contribution in [0.25, 0.3) is 0 Å². The van der Waals surface area contributed by atoms with E-state index >= 15 is 0 Å². The Hall–Kier alpha value is -2.81. The smallest absolute Gasteiger partial charge is 0.338 e. The molecule has 2 heterocycles. The Balaban J connectivity index is 2.10. The number of methoxy groups -OCH3 is 1. The second kappa shape index (κ2) is 9.55. The summed E-state index contributed by atoms with van der Waals surface area (Å²) in [7, 11) is 1.46. The average Bonchev–Trinajstić information content (AvgIpc) is 2.71. The number of hydrogen-bond acceptors (Lipinski definition) is 8. The van der Waals surface area contributed by atoms with E-state index in [0.717, 1.165) is 0 Å². The number of carbonyl (C=O) groups is 3. The molecule has 1 saturated heterocycles. The first-order valence-electron chi connectivity index (χ1n) is 10.0. The molecule has 166 valence electrons. The van der Waals surface area contributed by atoms with Gasteiger partial charge in [0.2, 0.25) is 5.91 Å². The van der Waals surface area contributed by atoms with E-state index in [0.29, 0.717) is 39.9 Å².